The molecule has 1 heterocycles. The lowest BCUT2D eigenvalue weighted by Gasteiger charge is -2.01. The average Bonchev–Trinajstić information content (AvgIpc) is 2.53. The second-order valence-corrected chi connectivity index (χ2v) is 5.13. The van der Waals surface area contributed by atoms with Crippen molar-refractivity contribution in [2.75, 3.05) is 11.9 Å². The second kappa shape index (κ2) is 5.16. The minimum Gasteiger partial charge on any atom is -0.369 e. The van der Waals surface area contributed by atoms with Crippen LogP contribution in [-0.4, -0.2) is 27.9 Å². The van der Waals surface area contributed by atoms with Crippen LogP contribution >= 0.6 is 23.1 Å². The average molecular weight is 232 g/mol. The molecule has 1 aromatic rings. The Kier molecular flexibility index (Phi) is 4.15. The van der Waals surface area contributed by atoms with E-state index in [9.17, 15) is 4.79 Å². The summed E-state index contributed by atoms with van der Waals surface area (Å²) in [6.07, 6.45) is 0. The predicted octanol–water partition coefficient (Wildman–Crippen LogP) is 0.936. The number of thioether (sulfide) groups is 1. The van der Waals surface area contributed by atoms with Crippen molar-refractivity contribution in [1.82, 2.24) is 10.2 Å². The van der Waals surface area contributed by atoms with Gasteiger partial charge in [0.25, 0.3) is 0 Å². The third-order valence-corrected chi connectivity index (χ3v) is 3.50. The van der Waals surface area contributed by atoms with Gasteiger partial charge in [0.1, 0.15) is 0 Å². The first-order chi connectivity index (χ1) is 6.63. The first-order valence-corrected chi connectivity index (χ1v) is 5.86. The van der Waals surface area contributed by atoms with Crippen molar-refractivity contribution in [2.45, 2.75) is 23.4 Å². The molecule has 0 fully saturated rings. The minimum absolute atomic E-state index is 0.266. The van der Waals surface area contributed by atoms with Crippen molar-refractivity contribution < 1.29 is 4.79 Å². The van der Waals surface area contributed by atoms with Gasteiger partial charge in [-0.1, -0.05) is 23.1 Å². The van der Waals surface area contributed by atoms with E-state index < -0.39 is 0 Å². The van der Waals surface area contributed by atoms with E-state index in [-0.39, 0.29) is 11.2 Å². The second-order valence-electron chi connectivity index (χ2n) is 2.57. The van der Waals surface area contributed by atoms with E-state index in [1.165, 1.54) is 23.1 Å². The molecular formula is C7H12N4OS2. The van der Waals surface area contributed by atoms with Gasteiger partial charge < -0.3 is 11.1 Å². The molecule has 0 aliphatic carbocycles. The Morgan fingerprint density at radius 1 is 1.71 bits per heavy atom. The van der Waals surface area contributed by atoms with E-state index in [1.807, 2.05) is 6.92 Å². The van der Waals surface area contributed by atoms with Crippen molar-refractivity contribution in [3.63, 3.8) is 0 Å². The highest BCUT2D eigenvalue weighted by atomic mass is 32.2. The molecule has 1 rings (SSSR count). The van der Waals surface area contributed by atoms with Crippen LogP contribution in [0.5, 0.6) is 0 Å². The zero-order valence-electron chi connectivity index (χ0n) is 7.98. The van der Waals surface area contributed by atoms with Crippen LogP contribution in [0.3, 0.4) is 0 Å². The monoisotopic (exact) mass is 232 g/mol. The number of primary amides is 1. The summed E-state index contributed by atoms with van der Waals surface area (Å²) in [6.45, 7) is 4.55. The van der Waals surface area contributed by atoms with Crippen LogP contribution in [0.1, 0.15) is 13.8 Å². The lowest BCUT2D eigenvalue weighted by atomic mass is 10.5. The Morgan fingerprint density at radius 3 is 3.00 bits per heavy atom. The number of anilines is 1. The lowest BCUT2D eigenvalue weighted by Crippen LogP contribution is -2.22. The normalized spacial score (nSPS) is 12.4. The van der Waals surface area contributed by atoms with Crippen LogP contribution in [0.2, 0.25) is 0 Å². The van der Waals surface area contributed by atoms with Crippen LogP contribution in [-0.2, 0) is 4.79 Å². The molecule has 0 saturated heterocycles. The fraction of sp³-hybridized carbons (Fsp3) is 0.571. The van der Waals surface area contributed by atoms with Gasteiger partial charge in [-0.15, -0.1) is 10.2 Å². The molecule has 0 spiro atoms. The number of amides is 1. The molecule has 0 aliphatic heterocycles. The number of nitrogens with zero attached hydrogens (tertiary/aromatic N) is 2. The van der Waals surface area contributed by atoms with Gasteiger partial charge >= 0.3 is 0 Å². The van der Waals surface area contributed by atoms with Crippen LogP contribution in [0.25, 0.3) is 0 Å². The van der Waals surface area contributed by atoms with Gasteiger partial charge in [0.2, 0.25) is 11.0 Å². The third-order valence-electron chi connectivity index (χ3n) is 1.41. The van der Waals surface area contributed by atoms with Crippen molar-refractivity contribution in [1.29, 1.82) is 0 Å². The van der Waals surface area contributed by atoms with Crippen molar-refractivity contribution >= 4 is 34.1 Å². The molecule has 7 heteroatoms. The zero-order chi connectivity index (χ0) is 10.6. The number of carbonyl (C=O) groups is 1. The third kappa shape index (κ3) is 3.15. The molecule has 1 amide bonds. The van der Waals surface area contributed by atoms with E-state index in [0.717, 1.165) is 16.0 Å². The number of hydrogen-bond acceptors (Lipinski definition) is 6. The van der Waals surface area contributed by atoms with E-state index in [1.54, 1.807) is 6.92 Å². The Bertz CT molecular complexity index is 314. The summed E-state index contributed by atoms with van der Waals surface area (Å²) in [5.41, 5.74) is 5.13. The molecule has 78 valence electrons. The first-order valence-electron chi connectivity index (χ1n) is 4.16. The highest BCUT2D eigenvalue weighted by Gasteiger charge is 2.13. The molecule has 1 unspecified atom stereocenters. The van der Waals surface area contributed by atoms with E-state index >= 15 is 0 Å². The summed E-state index contributed by atoms with van der Waals surface area (Å²) in [6, 6.07) is 0. The van der Waals surface area contributed by atoms with Gasteiger partial charge in [-0.05, 0) is 13.8 Å². The number of hydrogen-bond donors (Lipinski definition) is 2. The maximum Gasteiger partial charge on any atom is 0.230 e. The largest absolute Gasteiger partial charge is 0.369 e. The molecule has 0 aliphatic rings. The Hall–Kier alpha value is -0.820. The summed E-state index contributed by atoms with van der Waals surface area (Å²) in [5.74, 6) is -0.338. The minimum atomic E-state index is -0.338. The molecule has 1 aromatic heterocycles. The molecule has 0 bridgehead atoms. The summed E-state index contributed by atoms with van der Waals surface area (Å²) < 4.78 is 0.757. The van der Waals surface area contributed by atoms with E-state index in [4.69, 9.17) is 5.73 Å². The van der Waals surface area contributed by atoms with Crippen LogP contribution < -0.4 is 11.1 Å². The smallest absolute Gasteiger partial charge is 0.230 e. The standard InChI is InChI=1S/C7H12N4OS2/c1-3-9-6-10-11-7(14-6)13-4(2)5(8)12/h4H,3H2,1-2H3,(H2,8,12)(H,9,10). The van der Waals surface area contributed by atoms with Gasteiger partial charge in [0, 0.05) is 6.54 Å². The summed E-state index contributed by atoms with van der Waals surface area (Å²) in [7, 11) is 0. The van der Waals surface area contributed by atoms with Gasteiger partial charge in [-0.25, -0.2) is 0 Å². The van der Waals surface area contributed by atoms with E-state index in [0.29, 0.717) is 0 Å². The Labute approximate surface area is 90.5 Å². The molecule has 14 heavy (non-hydrogen) atoms. The fourth-order valence-electron chi connectivity index (χ4n) is 0.689. The zero-order valence-corrected chi connectivity index (χ0v) is 9.61. The van der Waals surface area contributed by atoms with Crippen LogP contribution in [0.15, 0.2) is 4.34 Å². The molecule has 0 radical (unpaired) electrons. The summed E-state index contributed by atoms with van der Waals surface area (Å²) in [4.78, 5) is 10.8. The molecule has 5 nitrogen and oxygen atoms in total. The maximum absolute atomic E-state index is 10.8. The maximum atomic E-state index is 10.8. The van der Waals surface area contributed by atoms with E-state index in [2.05, 4.69) is 15.5 Å². The molecule has 0 saturated carbocycles. The number of nitrogens with two attached hydrogens (primary N) is 1. The van der Waals surface area contributed by atoms with Gasteiger partial charge in [0.05, 0.1) is 5.25 Å². The predicted molar refractivity (Wildman–Crippen MR) is 58.6 cm³/mol. The van der Waals surface area contributed by atoms with Crippen molar-refractivity contribution in [2.24, 2.45) is 5.73 Å². The highest BCUT2D eigenvalue weighted by molar-refractivity contribution is 8.02. The quantitative estimate of drug-likeness (QED) is 0.738. The number of aromatic nitrogens is 2. The number of rotatable bonds is 5. The summed E-state index contributed by atoms with van der Waals surface area (Å²) in [5, 5.41) is 11.4. The fourth-order valence-corrected chi connectivity index (χ4v) is 2.60. The van der Waals surface area contributed by atoms with Gasteiger partial charge in [-0.2, -0.15) is 0 Å². The van der Waals surface area contributed by atoms with Gasteiger partial charge in [0.15, 0.2) is 4.34 Å². The first kappa shape index (κ1) is 11.3. The Balaban J connectivity index is 2.55. The van der Waals surface area contributed by atoms with Crippen molar-refractivity contribution in [3.8, 4) is 0 Å². The van der Waals surface area contributed by atoms with Crippen LogP contribution in [0.4, 0.5) is 5.13 Å². The number of nitrogens with one attached hydrogen (secondary N) is 1. The molecule has 1 atom stereocenters. The molecule has 3 N–H and O–H groups in total. The van der Waals surface area contributed by atoms with Crippen molar-refractivity contribution in [3.05, 3.63) is 0 Å². The Morgan fingerprint density at radius 2 is 2.43 bits per heavy atom. The van der Waals surface area contributed by atoms with Gasteiger partial charge in [-0.3, -0.25) is 4.79 Å². The molecule has 0 aromatic carbocycles. The molecular weight excluding hydrogens is 220 g/mol. The van der Waals surface area contributed by atoms with Crippen LogP contribution in [0, 0.1) is 0 Å². The topological polar surface area (TPSA) is 80.9 Å². The summed E-state index contributed by atoms with van der Waals surface area (Å²) >= 11 is 2.75. The number of carbonyl (C=O) groups excluding carboxylic acids is 1. The highest BCUT2D eigenvalue weighted by Crippen LogP contribution is 2.28. The lowest BCUT2D eigenvalue weighted by molar-refractivity contribution is -0.117. The SMILES string of the molecule is CCNc1nnc(SC(C)C(N)=O)s1.